The van der Waals surface area contributed by atoms with Gasteiger partial charge < -0.3 is 5.11 Å². The van der Waals surface area contributed by atoms with Crippen LogP contribution in [0.3, 0.4) is 0 Å². The fourth-order valence-electron chi connectivity index (χ4n) is 2.61. The summed E-state index contributed by atoms with van der Waals surface area (Å²) in [6, 6.07) is 3.90. The molecular formula is C16H22N4O. The first-order valence-electron chi connectivity index (χ1n) is 7.67. The normalized spacial score (nSPS) is 12.5. The quantitative estimate of drug-likeness (QED) is 0.881. The average Bonchev–Trinajstić information content (AvgIpc) is 2.92. The molecule has 0 spiro atoms. The molecule has 0 saturated heterocycles. The lowest BCUT2D eigenvalue weighted by molar-refractivity contribution is 0.431. The van der Waals surface area contributed by atoms with E-state index >= 15 is 0 Å². The summed E-state index contributed by atoms with van der Waals surface area (Å²) in [5.41, 5.74) is 1.72. The van der Waals surface area contributed by atoms with E-state index in [1.165, 1.54) is 4.52 Å². The lowest BCUT2D eigenvalue weighted by Crippen LogP contribution is -2.01. The lowest BCUT2D eigenvalue weighted by atomic mass is 9.99. The summed E-state index contributed by atoms with van der Waals surface area (Å²) in [4.78, 5) is 4.56. The van der Waals surface area contributed by atoms with Crippen LogP contribution in [-0.4, -0.2) is 19.7 Å². The molecule has 2 rings (SSSR count). The van der Waals surface area contributed by atoms with Crippen molar-refractivity contribution < 1.29 is 5.11 Å². The van der Waals surface area contributed by atoms with Crippen molar-refractivity contribution in [2.75, 3.05) is 0 Å². The highest BCUT2D eigenvalue weighted by atomic mass is 16.3. The standard InChI is InChI=1S/C16H22N4O/c1-4-7-8-11(5-2)15-18-14-9-12(6-3)13(10-17)16(21)20(14)19-15/h9,11,21H,4-8H2,1-3H3. The van der Waals surface area contributed by atoms with Crippen molar-refractivity contribution >= 4 is 5.65 Å². The number of aromatic nitrogens is 3. The maximum absolute atomic E-state index is 10.2. The molecule has 2 heterocycles. The van der Waals surface area contributed by atoms with E-state index in [1.54, 1.807) is 0 Å². The Balaban J connectivity index is 2.50. The van der Waals surface area contributed by atoms with Crippen LogP contribution in [0.4, 0.5) is 0 Å². The maximum atomic E-state index is 10.2. The Bertz CT molecular complexity index is 669. The second-order valence-electron chi connectivity index (χ2n) is 5.32. The summed E-state index contributed by atoms with van der Waals surface area (Å²) in [6.07, 6.45) is 5.00. The Morgan fingerprint density at radius 3 is 2.71 bits per heavy atom. The van der Waals surface area contributed by atoms with Crippen molar-refractivity contribution in [2.24, 2.45) is 0 Å². The first-order valence-corrected chi connectivity index (χ1v) is 7.67. The van der Waals surface area contributed by atoms with Crippen LogP contribution >= 0.6 is 0 Å². The number of aromatic hydroxyl groups is 1. The third-order valence-corrected chi connectivity index (χ3v) is 3.95. The van der Waals surface area contributed by atoms with Crippen molar-refractivity contribution in [3.63, 3.8) is 0 Å². The molecule has 0 fully saturated rings. The number of nitrogens with zero attached hydrogens (tertiary/aromatic N) is 4. The molecule has 0 aromatic carbocycles. The van der Waals surface area contributed by atoms with E-state index in [-0.39, 0.29) is 5.88 Å². The van der Waals surface area contributed by atoms with E-state index in [0.29, 0.717) is 23.5 Å². The van der Waals surface area contributed by atoms with Gasteiger partial charge in [0.1, 0.15) is 11.6 Å². The predicted molar refractivity (Wildman–Crippen MR) is 81.3 cm³/mol. The number of pyridine rings is 1. The van der Waals surface area contributed by atoms with Gasteiger partial charge in [-0.1, -0.05) is 33.6 Å². The van der Waals surface area contributed by atoms with Crippen molar-refractivity contribution in [2.45, 2.75) is 58.8 Å². The minimum atomic E-state index is -0.101. The summed E-state index contributed by atoms with van der Waals surface area (Å²) >= 11 is 0. The van der Waals surface area contributed by atoms with Gasteiger partial charge in [0.25, 0.3) is 0 Å². The third-order valence-electron chi connectivity index (χ3n) is 3.95. The maximum Gasteiger partial charge on any atom is 0.232 e. The Morgan fingerprint density at radius 1 is 1.38 bits per heavy atom. The second kappa shape index (κ2) is 6.57. The van der Waals surface area contributed by atoms with E-state index in [4.69, 9.17) is 0 Å². The number of fused-ring (bicyclic) bond motifs is 1. The van der Waals surface area contributed by atoms with Crippen LogP contribution < -0.4 is 0 Å². The smallest absolute Gasteiger partial charge is 0.232 e. The van der Waals surface area contributed by atoms with Crippen LogP contribution in [0.2, 0.25) is 0 Å². The molecule has 1 atom stereocenters. The van der Waals surface area contributed by atoms with Gasteiger partial charge in [0.2, 0.25) is 5.88 Å². The summed E-state index contributed by atoms with van der Waals surface area (Å²) < 4.78 is 1.39. The van der Waals surface area contributed by atoms with Gasteiger partial charge in [0, 0.05) is 5.92 Å². The van der Waals surface area contributed by atoms with Gasteiger partial charge in [-0.25, -0.2) is 4.98 Å². The van der Waals surface area contributed by atoms with E-state index in [1.807, 2.05) is 13.0 Å². The molecule has 2 aromatic rings. The van der Waals surface area contributed by atoms with E-state index in [0.717, 1.165) is 37.1 Å². The highest BCUT2D eigenvalue weighted by molar-refractivity contribution is 5.54. The Morgan fingerprint density at radius 2 is 2.14 bits per heavy atom. The summed E-state index contributed by atoms with van der Waals surface area (Å²) in [5.74, 6) is 0.967. The molecule has 5 nitrogen and oxygen atoms in total. The Hall–Kier alpha value is -2.09. The Labute approximate surface area is 125 Å². The fourth-order valence-corrected chi connectivity index (χ4v) is 2.61. The molecule has 0 aliphatic rings. The van der Waals surface area contributed by atoms with Gasteiger partial charge in [-0.2, -0.15) is 9.78 Å². The molecule has 0 aliphatic carbocycles. The molecule has 2 aromatic heterocycles. The molecule has 1 unspecified atom stereocenters. The van der Waals surface area contributed by atoms with Crippen molar-refractivity contribution in [1.82, 2.24) is 14.6 Å². The first kappa shape index (κ1) is 15.3. The van der Waals surface area contributed by atoms with Gasteiger partial charge >= 0.3 is 0 Å². The van der Waals surface area contributed by atoms with Crippen molar-refractivity contribution in [1.29, 1.82) is 5.26 Å². The molecule has 1 N–H and O–H groups in total. The number of nitriles is 1. The molecule has 5 heteroatoms. The van der Waals surface area contributed by atoms with Gasteiger partial charge in [0.15, 0.2) is 11.5 Å². The molecule has 112 valence electrons. The molecule has 21 heavy (non-hydrogen) atoms. The van der Waals surface area contributed by atoms with Crippen LogP contribution in [-0.2, 0) is 6.42 Å². The molecule has 0 radical (unpaired) electrons. The van der Waals surface area contributed by atoms with E-state index in [9.17, 15) is 10.4 Å². The number of aryl methyl sites for hydroxylation is 1. The minimum absolute atomic E-state index is 0.101. The van der Waals surface area contributed by atoms with Crippen LogP contribution in [0, 0.1) is 11.3 Å². The summed E-state index contributed by atoms with van der Waals surface area (Å²) in [6.45, 7) is 6.26. The average molecular weight is 286 g/mol. The SMILES string of the molecule is CCCCC(CC)c1nc2cc(CC)c(C#N)c(O)n2n1. The zero-order chi connectivity index (χ0) is 15.4. The van der Waals surface area contributed by atoms with E-state index < -0.39 is 0 Å². The van der Waals surface area contributed by atoms with Crippen LogP contribution in [0.25, 0.3) is 5.65 Å². The molecule has 0 bridgehead atoms. The van der Waals surface area contributed by atoms with Crippen LogP contribution in [0.1, 0.15) is 69.3 Å². The monoisotopic (exact) mass is 286 g/mol. The first-order chi connectivity index (χ1) is 10.2. The largest absolute Gasteiger partial charge is 0.492 e. The molecule has 0 amide bonds. The Kier molecular flexibility index (Phi) is 4.79. The summed E-state index contributed by atoms with van der Waals surface area (Å²) in [5, 5.41) is 23.9. The van der Waals surface area contributed by atoms with Gasteiger partial charge in [0.05, 0.1) is 0 Å². The topological polar surface area (TPSA) is 74.2 Å². The number of unbranched alkanes of at least 4 members (excludes halogenated alkanes) is 1. The minimum Gasteiger partial charge on any atom is -0.492 e. The predicted octanol–water partition coefficient (Wildman–Crippen LogP) is 3.55. The second-order valence-corrected chi connectivity index (χ2v) is 5.32. The summed E-state index contributed by atoms with van der Waals surface area (Å²) in [7, 11) is 0. The molecular weight excluding hydrogens is 264 g/mol. The van der Waals surface area contributed by atoms with E-state index in [2.05, 4.69) is 30.0 Å². The fraction of sp³-hybridized carbons (Fsp3) is 0.562. The number of hydrogen-bond donors (Lipinski definition) is 1. The number of hydrogen-bond acceptors (Lipinski definition) is 4. The lowest BCUT2D eigenvalue weighted by Gasteiger charge is -2.09. The van der Waals surface area contributed by atoms with Crippen molar-refractivity contribution in [3.8, 4) is 11.9 Å². The van der Waals surface area contributed by atoms with Crippen LogP contribution in [0.15, 0.2) is 6.07 Å². The third kappa shape index (κ3) is 2.85. The molecule has 0 aliphatic heterocycles. The number of rotatable bonds is 6. The highest BCUT2D eigenvalue weighted by Gasteiger charge is 2.19. The van der Waals surface area contributed by atoms with Crippen molar-refractivity contribution in [3.05, 3.63) is 23.0 Å². The zero-order valence-corrected chi connectivity index (χ0v) is 12.9. The zero-order valence-electron chi connectivity index (χ0n) is 12.9. The van der Waals surface area contributed by atoms with Gasteiger partial charge in [-0.05, 0) is 30.9 Å². The highest BCUT2D eigenvalue weighted by Crippen LogP contribution is 2.27. The molecule has 0 saturated carbocycles. The van der Waals surface area contributed by atoms with Gasteiger partial charge in [-0.15, -0.1) is 5.10 Å². The van der Waals surface area contributed by atoms with Crippen LogP contribution in [0.5, 0.6) is 5.88 Å². The van der Waals surface area contributed by atoms with Gasteiger partial charge in [-0.3, -0.25) is 0 Å².